The van der Waals surface area contributed by atoms with Gasteiger partial charge in [-0.1, -0.05) is 0 Å². The van der Waals surface area contributed by atoms with Crippen molar-refractivity contribution in [3.63, 3.8) is 0 Å². The van der Waals surface area contributed by atoms with Crippen LogP contribution in [0.4, 0.5) is 0 Å². The number of carbonyl (C=O) groups excluding carboxylic acids is 1. The Morgan fingerprint density at radius 3 is 2.38 bits per heavy atom. The van der Waals surface area contributed by atoms with E-state index in [2.05, 4.69) is 9.65 Å². The SMILES string of the molecule is C=C(N)C(=O)O[I-]N. The van der Waals surface area contributed by atoms with Gasteiger partial charge in [0.15, 0.2) is 0 Å². The summed E-state index contributed by atoms with van der Waals surface area (Å²) < 4.78 is 9.27. The van der Waals surface area contributed by atoms with E-state index in [9.17, 15) is 4.79 Å². The Bertz CT molecular complexity index is 114. The standard InChI is InChI=1S/C3H6IN2O2/c1-2(5)3(7)8-4-6/h1,5-6H2/q-1. The van der Waals surface area contributed by atoms with Gasteiger partial charge < -0.3 is 0 Å². The molecule has 0 aliphatic carbocycles. The summed E-state index contributed by atoms with van der Waals surface area (Å²) in [5, 5.41) is 0. The molecule has 4 N–H and O–H groups in total. The van der Waals surface area contributed by atoms with Crippen LogP contribution >= 0.6 is 0 Å². The molecule has 0 fully saturated rings. The van der Waals surface area contributed by atoms with Crippen LogP contribution in [0, 0.1) is 0 Å². The molecule has 0 rings (SSSR count). The summed E-state index contributed by atoms with van der Waals surface area (Å²) in [4.78, 5) is 10.2. The van der Waals surface area contributed by atoms with Gasteiger partial charge in [-0.15, -0.1) is 0 Å². The fourth-order valence-electron chi connectivity index (χ4n) is 0.0900. The Balaban J connectivity index is 3.49. The Kier molecular flexibility index (Phi) is 3.53. The average Bonchev–Trinajstić information content (AvgIpc) is 1.67. The van der Waals surface area contributed by atoms with Crippen molar-refractivity contribution in [3.8, 4) is 0 Å². The van der Waals surface area contributed by atoms with Gasteiger partial charge in [0.05, 0.1) is 0 Å². The summed E-state index contributed by atoms with van der Waals surface area (Å²) in [6, 6.07) is 0. The Morgan fingerprint density at radius 2 is 2.25 bits per heavy atom. The third-order valence-corrected chi connectivity index (χ3v) is 1.03. The predicted octanol–water partition coefficient (Wildman–Crippen LogP) is -4.12. The van der Waals surface area contributed by atoms with Crippen molar-refractivity contribution in [1.29, 1.82) is 0 Å². The van der Waals surface area contributed by atoms with Gasteiger partial charge in [0, 0.05) is 0 Å². The van der Waals surface area contributed by atoms with Crippen molar-refractivity contribution in [1.82, 2.24) is 0 Å². The number of hydrogen-bond acceptors (Lipinski definition) is 4. The van der Waals surface area contributed by atoms with Gasteiger partial charge in [0.1, 0.15) is 0 Å². The zero-order valence-electron chi connectivity index (χ0n) is 4.06. The van der Waals surface area contributed by atoms with Crippen molar-refractivity contribution in [2.75, 3.05) is 0 Å². The molecule has 48 valence electrons. The summed E-state index contributed by atoms with van der Waals surface area (Å²) in [6.45, 7) is 3.14. The zero-order chi connectivity index (χ0) is 6.57. The van der Waals surface area contributed by atoms with Gasteiger partial charge in [0.2, 0.25) is 0 Å². The first kappa shape index (κ1) is 7.70. The molecular formula is C3H6IN2O2-. The van der Waals surface area contributed by atoms with Gasteiger partial charge in [0.25, 0.3) is 0 Å². The topological polar surface area (TPSA) is 78.3 Å². The predicted molar refractivity (Wildman–Crippen MR) is 23.6 cm³/mol. The molecule has 0 aliphatic heterocycles. The van der Waals surface area contributed by atoms with Crippen LogP contribution in [0.15, 0.2) is 12.3 Å². The van der Waals surface area contributed by atoms with Crippen molar-refractivity contribution < 1.29 is 29.8 Å². The summed E-state index contributed by atoms with van der Waals surface area (Å²) in [5.41, 5.74) is 4.81. The molecule has 0 aliphatic rings. The molecule has 0 atom stereocenters. The maximum absolute atomic E-state index is 10.2. The number of halogens is 1. The van der Waals surface area contributed by atoms with Gasteiger partial charge in [-0.25, -0.2) is 0 Å². The molecule has 0 aromatic heterocycles. The fraction of sp³-hybridized carbons (Fsp3) is 0. The van der Waals surface area contributed by atoms with Crippen LogP contribution in [-0.2, 0) is 7.86 Å². The Labute approximate surface area is 58.0 Å². The molecule has 4 nitrogen and oxygen atoms in total. The normalized spacial score (nSPS) is 8.62. The minimum atomic E-state index is -0.957. The first-order valence-electron chi connectivity index (χ1n) is 1.67. The Hall–Kier alpha value is -0.300. The third-order valence-electron chi connectivity index (χ3n) is 0.377. The van der Waals surface area contributed by atoms with Crippen LogP contribution in [0.3, 0.4) is 0 Å². The molecule has 0 saturated heterocycles. The molecule has 0 heterocycles. The maximum atomic E-state index is 10.2. The molecule has 0 bridgehead atoms. The first-order chi connectivity index (χ1) is 3.68. The monoisotopic (exact) mass is 229 g/mol. The molecule has 0 unspecified atom stereocenters. The second-order valence-electron chi connectivity index (χ2n) is 0.979. The summed E-state index contributed by atoms with van der Waals surface area (Å²) in [6.07, 6.45) is 0. The van der Waals surface area contributed by atoms with Crippen LogP contribution in [0.25, 0.3) is 0 Å². The molecule has 0 amide bonds. The van der Waals surface area contributed by atoms with E-state index in [1.165, 1.54) is 0 Å². The van der Waals surface area contributed by atoms with Crippen molar-refractivity contribution >= 4 is 5.97 Å². The summed E-state index contributed by atoms with van der Waals surface area (Å²) in [7, 11) is 0. The van der Waals surface area contributed by atoms with E-state index in [1.54, 1.807) is 0 Å². The van der Waals surface area contributed by atoms with Crippen LogP contribution in [-0.4, -0.2) is 5.97 Å². The quantitative estimate of drug-likeness (QED) is 0.286. The van der Waals surface area contributed by atoms with Crippen LogP contribution < -0.4 is 31.6 Å². The molecule has 5 heteroatoms. The molecule has 0 radical (unpaired) electrons. The summed E-state index contributed by atoms with van der Waals surface area (Å²) in [5.74, 6) is -0.611. The van der Waals surface area contributed by atoms with Crippen LogP contribution in [0.2, 0.25) is 0 Å². The first-order valence-corrected chi connectivity index (χ1v) is 3.80. The molecule has 0 aromatic carbocycles. The zero-order valence-corrected chi connectivity index (χ0v) is 6.21. The molecule has 0 aromatic rings. The number of rotatable bonds is 2. The second-order valence-corrected chi connectivity index (χ2v) is 1.93. The molecule has 0 spiro atoms. The fourth-order valence-corrected chi connectivity index (χ4v) is 0.604. The van der Waals surface area contributed by atoms with Gasteiger partial charge >= 0.3 is 57.7 Å². The van der Waals surface area contributed by atoms with Crippen molar-refractivity contribution in [3.05, 3.63) is 12.3 Å². The van der Waals surface area contributed by atoms with Crippen LogP contribution in [0.1, 0.15) is 0 Å². The van der Waals surface area contributed by atoms with E-state index >= 15 is 0 Å². The molecule has 0 saturated carbocycles. The third kappa shape index (κ3) is 2.80. The minimum absolute atomic E-state index is 0.102. The Morgan fingerprint density at radius 1 is 1.75 bits per heavy atom. The van der Waals surface area contributed by atoms with Crippen molar-refractivity contribution in [2.24, 2.45) is 9.68 Å². The number of carbonyl (C=O) groups is 1. The van der Waals surface area contributed by atoms with Gasteiger partial charge in [-0.3, -0.25) is 0 Å². The number of hydrogen-bond donors (Lipinski definition) is 2. The summed E-state index contributed by atoms with van der Waals surface area (Å²) >= 11 is -0.957. The average molecular weight is 229 g/mol. The molecule has 8 heavy (non-hydrogen) atoms. The van der Waals surface area contributed by atoms with E-state index < -0.39 is 27.9 Å². The van der Waals surface area contributed by atoms with E-state index in [0.717, 1.165) is 0 Å². The van der Waals surface area contributed by atoms with E-state index in [4.69, 9.17) is 9.68 Å². The van der Waals surface area contributed by atoms with Gasteiger partial charge in [-0.05, 0) is 0 Å². The molecular weight excluding hydrogens is 223 g/mol. The van der Waals surface area contributed by atoms with Gasteiger partial charge in [-0.2, -0.15) is 0 Å². The van der Waals surface area contributed by atoms with Crippen LogP contribution in [0.5, 0.6) is 0 Å². The van der Waals surface area contributed by atoms with Crippen molar-refractivity contribution in [2.45, 2.75) is 0 Å². The van der Waals surface area contributed by atoms with E-state index in [0.29, 0.717) is 0 Å². The van der Waals surface area contributed by atoms with E-state index in [-0.39, 0.29) is 5.70 Å². The van der Waals surface area contributed by atoms with E-state index in [1.807, 2.05) is 0 Å². The second kappa shape index (κ2) is 3.67. The number of nitrogens with two attached hydrogens (primary N) is 2.